The largest absolute Gasteiger partial charge is 0.468 e. The van der Waals surface area contributed by atoms with Crippen molar-refractivity contribution in [1.82, 2.24) is 0 Å². The number of alkyl halides is 1. The lowest BCUT2D eigenvalue weighted by molar-refractivity contribution is -0.149. The second kappa shape index (κ2) is 10.5. The van der Waals surface area contributed by atoms with E-state index in [1.807, 2.05) is 0 Å². The van der Waals surface area contributed by atoms with E-state index in [2.05, 4.69) is 4.99 Å². The van der Waals surface area contributed by atoms with Crippen LogP contribution < -0.4 is 5.73 Å². The number of carbonyl (C=O) groups excluding carboxylic acids is 1. The Bertz CT molecular complexity index is 491. The molecular weight excluding hydrogens is 350 g/mol. The van der Waals surface area contributed by atoms with Crippen molar-refractivity contribution in [3.63, 3.8) is 0 Å². The van der Waals surface area contributed by atoms with E-state index < -0.39 is 11.3 Å². The molecule has 0 amide bonds. The number of aliphatic imine (C=N–C) groups is 1. The zero-order chi connectivity index (χ0) is 17.2. The summed E-state index contributed by atoms with van der Waals surface area (Å²) in [7, 11) is 1.43. The molecular formula is C14H19Cl2FN2O4. The zero-order valence-corrected chi connectivity index (χ0v) is 14.1. The second-order valence-electron chi connectivity index (χ2n) is 4.65. The van der Waals surface area contributed by atoms with Gasteiger partial charge in [-0.15, -0.1) is 11.6 Å². The second-order valence-corrected chi connectivity index (χ2v) is 5.53. The monoisotopic (exact) mass is 368 g/mol. The molecule has 1 aliphatic heterocycles. The minimum absolute atomic E-state index is 0.0343. The first-order valence-electron chi connectivity index (χ1n) is 6.92. The molecule has 23 heavy (non-hydrogen) atoms. The first-order valence-corrected chi connectivity index (χ1v) is 7.73. The Morgan fingerprint density at radius 3 is 2.87 bits per heavy atom. The molecule has 0 bridgehead atoms. The summed E-state index contributed by atoms with van der Waals surface area (Å²) in [5.41, 5.74) is 5.45. The van der Waals surface area contributed by atoms with Crippen molar-refractivity contribution in [1.29, 1.82) is 0 Å². The fraction of sp³-hybridized carbons (Fsp3) is 0.571. The van der Waals surface area contributed by atoms with Crippen molar-refractivity contribution >= 4 is 35.1 Å². The molecule has 9 heteroatoms. The first-order chi connectivity index (χ1) is 11.0. The zero-order valence-electron chi connectivity index (χ0n) is 12.6. The van der Waals surface area contributed by atoms with E-state index in [-0.39, 0.29) is 42.3 Å². The van der Waals surface area contributed by atoms with Crippen LogP contribution >= 0.6 is 23.2 Å². The van der Waals surface area contributed by atoms with Gasteiger partial charge in [-0.25, -0.2) is 9.18 Å². The summed E-state index contributed by atoms with van der Waals surface area (Å²) in [6.07, 6.45) is 3.16. The maximum Gasteiger partial charge on any atom is 0.344 e. The standard InChI is InChI=1S/C14H19Cl2FN2O4/c1-19-14(10(15)5-12(18)11(16)6-17)23-8-13(20)22-7-9-3-2-4-21-9/h5-6,9-10H,2-4,7-8,18H2,1H3/b11-6-,12-5+,19-14+. The lowest BCUT2D eigenvalue weighted by Gasteiger charge is -2.13. The summed E-state index contributed by atoms with van der Waals surface area (Å²) in [4.78, 5) is 15.4. The van der Waals surface area contributed by atoms with Crippen LogP contribution in [0.2, 0.25) is 0 Å². The average molecular weight is 369 g/mol. The van der Waals surface area contributed by atoms with E-state index in [4.69, 9.17) is 43.1 Å². The summed E-state index contributed by atoms with van der Waals surface area (Å²) < 4.78 is 27.8. The molecule has 2 atom stereocenters. The van der Waals surface area contributed by atoms with Gasteiger partial charge in [-0.1, -0.05) is 11.6 Å². The van der Waals surface area contributed by atoms with Gasteiger partial charge in [-0.2, -0.15) is 0 Å². The van der Waals surface area contributed by atoms with Gasteiger partial charge < -0.3 is 19.9 Å². The van der Waals surface area contributed by atoms with E-state index in [1.54, 1.807) is 0 Å². The van der Waals surface area contributed by atoms with E-state index in [9.17, 15) is 9.18 Å². The molecule has 0 aliphatic carbocycles. The number of rotatable bonds is 7. The molecule has 1 heterocycles. The van der Waals surface area contributed by atoms with Gasteiger partial charge in [-0.05, 0) is 18.9 Å². The van der Waals surface area contributed by atoms with Crippen molar-refractivity contribution in [2.75, 3.05) is 26.9 Å². The predicted octanol–water partition coefficient (Wildman–Crippen LogP) is 2.25. The summed E-state index contributed by atoms with van der Waals surface area (Å²) in [6, 6.07) is 0. The minimum Gasteiger partial charge on any atom is -0.468 e. The number of hydrogen-bond donors (Lipinski definition) is 1. The lowest BCUT2D eigenvalue weighted by atomic mass is 10.2. The van der Waals surface area contributed by atoms with Crippen LogP contribution in [-0.2, 0) is 19.0 Å². The quantitative estimate of drug-likeness (QED) is 0.245. The molecule has 0 radical (unpaired) electrons. The van der Waals surface area contributed by atoms with Gasteiger partial charge in [0.15, 0.2) is 6.61 Å². The fourth-order valence-corrected chi connectivity index (χ4v) is 2.13. The fourth-order valence-electron chi connectivity index (χ4n) is 1.78. The molecule has 1 aliphatic rings. The van der Waals surface area contributed by atoms with Gasteiger partial charge in [-0.3, -0.25) is 4.99 Å². The molecule has 1 fully saturated rings. The van der Waals surface area contributed by atoms with Gasteiger partial charge in [0, 0.05) is 13.7 Å². The summed E-state index contributed by atoms with van der Waals surface area (Å²) in [5, 5.41) is -1.19. The third-order valence-electron chi connectivity index (χ3n) is 2.95. The number of halogens is 3. The van der Waals surface area contributed by atoms with Gasteiger partial charge >= 0.3 is 5.97 Å². The van der Waals surface area contributed by atoms with Crippen LogP contribution in [0.5, 0.6) is 0 Å². The molecule has 2 N–H and O–H groups in total. The molecule has 0 saturated carbocycles. The average Bonchev–Trinajstić information content (AvgIpc) is 3.05. The van der Waals surface area contributed by atoms with Crippen LogP contribution in [0.15, 0.2) is 28.1 Å². The Labute approximate surface area is 144 Å². The normalized spacial score (nSPS) is 21.2. The van der Waals surface area contributed by atoms with Crippen LogP contribution in [0.1, 0.15) is 12.8 Å². The highest BCUT2D eigenvalue weighted by Gasteiger charge is 2.19. The Morgan fingerprint density at radius 1 is 1.57 bits per heavy atom. The van der Waals surface area contributed by atoms with Crippen LogP contribution in [0.3, 0.4) is 0 Å². The highest BCUT2D eigenvalue weighted by Crippen LogP contribution is 2.14. The number of ether oxygens (including phenoxy) is 3. The van der Waals surface area contributed by atoms with Gasteiger partial charge in [0.25, 0.3) is 0 Å². The van der Waals surface area contributed by atoms with Crippen molar-refractivity contribution in [3.8, 4) is 0 Å². The molecule has 0 aromatic rings. The van der Waals surface area contributed by atoms with Crippen molar-refractivity contribution in [2.45, 2.75) is 24.3 Å². The third kappa shape index (κ3) is 7.20. The van der Waals surface area contributed by atoms with Crippen molar-refractivity contribution in [3.05, 3.63) is 23.1 Å². The smallest absolute Gasteiger partial charge is 0.344 e. The third-order valence-corrected chi connectivity index (χ3v) is 3.56. The van der Waals surface area contributed by atoms with Gasteiger partial charge in [0.1, 0.15) is 18.3 Å². The first kappa shape index (κ1) is 19.7. The SMILES string of the molecule is C/N=C(/OCC(=O)OCC1CCCO1)C(Cl)/C=C(N)\C(Cl)=C\F. The van der Waals surface area contributed by atoms with Gasteiger partial charge in [0.05, 0.1) is 16.8 Å². The van der Waals surface area contributed by atoms with Crippen molar-refractivity contribution in [2.24, 2.45) is 10.7 Å². The highest BCUT2D eigenvalue weighted by molar-refractivity contribution is 6.33. The highest BCUT2D eigenvalue weighted by atomic mass is 35.5. The Morgan fingerprint density at radius 2 is 2.30 bits per heavy atom. The van der Waals surface area contributed by atoms with E-state index in [0.29, 0.717) is 6.61 Å². The number of allylic oxidation sites excluding steroid dienone is 1. The number of nitrogens with zero attached hydrogens (tertiary/aromatic N) is 1. The molecule has 0 aromatic carbocycles. The molecule has 0 aromatic heterocycles. The number of carbonyl (C=O) groups is 1. The summed E-state index contributed by atoms with van der Waals surface area (Å²) in [6.45, 7) is 0.515. The summed E-state index contributed by atoms with van der Waals surface area (Å²) >= 11 is 11.5. The maximum atomic E-state index is 12.2. The van der Waals surface area contributed by atoms with Crippen molar-refractivity contribution < 1.29 is 23.4 Å². The van der Waals surface area contributed by atoms with E-state index in [0.717, 1.165) is 12.8 Å². The Balaban J connectivity index is 2.41. The Kier molecular flexibility index (Phi) is 8.98. The molecule has 0 spiro atoms. The molecule has 130 valence electrons. The molecule has 2 unspecified atom stereocenters. The van der Waals surface area contributed by atoms with Gasteiger partial charge in [0.2, 0.25) is 5.90 Å². The minimum atomic E-state index is -0.903. The molecule has 6 nitrogen and oxygen atoms in total. The van der Waals surface area contributed by atoms with E-state index >= 15 is 0 Å². The molecule has 1 rings (SSSR count). The summed E-state index contributed by atoms with van der Waals surface area (Å²) in [5.74, 6) is -0.531. The van der Waals surface area contributed by atoms with Crippen LogP contribution in [-0.4, -0.2) is 50.2 Å². The van der Waals surface area contributed by atoms with E-state index in [1.165, 1.54) is 13.1 Å². The van der Waals surface area contributed by atoms with Crippen LogP contribution in [0, 0.1) is 0 Å². The number of nitrogens with two attached hydrogens (primary N) is 1. The number of esters is 1. The molecule has 1 saturated heterocycles. The predicted molar refractivity (Wildman–Crippen MR) is 86.2 cm³/mol. The van der Waals surface area contributed by atoms with Crippen LogP contribution in [0.4, 0.5) is 4.39 Å². The Hall–Kier alpha value is -1.31. The van der Waals surface area contributed by atoms with Crippen LogP contribution in [0.25, 0.3) is 0 Å². The lowest BCUT2D eigenvalue weighted by Crippen LogP contribution is -2.25. The topological polar surface area (TPSA) is 83.1 Å². The number of hydrogen-bond acceptors (Lipinski definition) is 6. The maximum absolute atomic E-state index is 12.2.